The summed E-state index contributed by atoms with van der Waals surface area (Å²) in [5.74, 6) is 2.22. The highest BCUT2D eigenvalue weighted by Gasteiger charge is 2.13. The van der Waals surface area contributed by atoms with E-state index in [2.05, 4.69) is 0 Å². The Bertz CT molecular complexity index is 410. The number of methoxy groups -OCH3 is 2. The van der Waals surface area contributed by atoms with Crippen molar-refractivity contribution in [2.75, 3.05) is 14.2 Å². The highest BCUT2D eigenvalue weighted by Crippen LogP contribution is 2.38. The third kappa shape index (κ3) is 1.68. The molecule has 0 N–H and O–H groups in total. The van der Waals surface area contributed by atoms with Crippen molar-refractivity contribution in [2.24, 2.45) is 0 Å². The number of furan rings is 1. The van der Waals surface area contributed by atoms with Crippen molar-refractivity contribution < 1.29 is 13.9 Å². The van der Waals surface area contributed by atoms with E-state index >= 15 is 0 Å². The second-order valence-corrected chi connectivity index (χ2v) is 3.01. The number of ether oxygens (including phenoxy) is 2. The van der Waals surface area contributed by atoms with E-state index in [1.807, 2.05) is 30.3 Å². The zero-order valence-corrected chi connectivity index (χ0v) is 8.69. The first kappa shape index (κ1) is 9.65. The summed E-state index contributed by atoms with van der Waals surface area (Å²) in [4.78, 5) is 0. The summed E-state index contributed by atoms with van der Waals surface area (Å²) in [5, 5.41) is 0. The largest absolute Gasteiger partial charge is 0.496 e. The Hall–Kier alpha value is -1.90. The minimum absolute atomic E-state index is 0.740. The second-order valence-electron chi connectivity index (χ2n) is 3.01. The van der Waals surface area contributed by atoms with E-state index in [-0.39, 0.29) is 0 Å². The van der Waals surface area contributed by atoms with Crippen LogP contribution in [0.3, 0.4) is 0 Å². The van der Waals surface area contributed by atoms with Crippen LogP contribution >= 0.6 is 0 Å². The normalized spacial score (nSPS) is 10.0. The first-order valence-electron chi connectivity index (χ1n) is 4.61. The molecule has 0 saturated heterocycles. The fraction of sp³-hybridized carbons (Fsp3) is 0.167. The van der Waals surface area contributed by atoms with Gasteiger partial charge in [0.05, 0.1) is 20.5 Å². The smallest absolute Gasteiger partial charge is 0.141 e. The van der Waals surface area contributed by atoms with Gasteiger partial charge in [-0.15, -0.1) is 0 Å². The highest BCUT2D eigenvalue weighted by molar-refractivity contribution is 5.73. The maximum Gasteiger partial charge on any atom is 0.141 e. The Labute approximate surface area is 88.2 Å². The van der Waals surface area contributed by atoms with Gasteiger partial charge in [0.15, 0.2) is 0 Å². The van der Waals surface area contributed by atoms with Gasteiger partial charge < -0.3 is 13.9 Å². The fourth-order valence-corrected chi connectivity index (χ4v) is 1.51. The Kier molecular flexibility index (Phi) is 2.63. The van der Waals surface area contributed by atoms with Crippen LogP contribution in [0.2, 0.25) is 0 Å². The molecule has 2 rings (SSSR count). The SMILES string of the molecule is COc1cccc(OC)c1-c1ccco1. The molecule has 0 aliphatic carbocycles. The molecule has 3 heteroatoms. The van der Waals surface area contributed by atoms with Crippen LogP contribution in [-0.4, -0.2) is 14.2 Å². The van der Waals surface area contributed by atoms with Crippen LogP contribution in [0, 0.1) is 0 Å². The summed E-state index contributed by atoms with van der Waals surface area (Å²) in [6.45, 7) is 0. The molecule has 0 atom stereocenters. The van der Waals surface area contributed by atoms with Crippen molar-refractivity contribution >= 4 is 0 Å². The van der Waals surface area contributed by atoms with E-state index in [0.29, 0.717) is 0 Å². The standard InChI is InChI=1S/C12H12O3/c1-13-9-5-3-6-10(14-2)12(9)11-7-4-8-15-11/h3-8H,1-2H3. The molecule has 2 aromatic rings. The lowest BCUT2D eigenvalue weighted by Gasteiger charge is -2.10. The van der Waals surface area contributed by atoms with Gasteiger partial charge in [-0.2, -0.15) is 0 Å². The van der Waals surface area contributed by atoms with Crippen molar-refractivity contribution in [1.82, 2.24) is 0 Å². The van der Waals surface area contributed by atoms with Crippen LogP contribution in [-0.2, 0) is 0 Å². The van der Waals surface area contributed by atoms with Crippen molar-refractivity contribution in [2.45, 2.75) is 0 Å². The molecule has 0 radical (unpaired) electrons. The average Bonchev–Trinajstić information content (AvgIpc) is 2.81. The zero-order valence-electron chi connectivity index (χ0n) is 8.69. The lowest BCUT2D eigenvalue weighted by atomic mass is 10.1. The molecule has 0 saturated carbocycles. The van der Waals surface area contributed by atoms with Crippen molar-refractivity contribution in [3.8, 4) is 22.8 Å². The van der Waals surface area contributed by atoms with E-state index in [9.17, 15) is 0 Å². The molecule has 0 bridgehead atoms. The summed E-state index contributed by atoms with van der Waals surface area (Å²) < 4.78 is 15.9. The molecule has 0 aliphatic heterocycles. The summed E-state index contributed by atoms with van der Waals surface area (Å²) >= 11 is 0. The Morgan fingerprint density at radius 2 is 1.60 bits per heavy atom. The van der Waals surface area contributed by atoms with Crippen molar-refractivity contribution in [3.05, 3.63) is 36.6 Å². The maximum atomic E-state index is 5.34. The number of hydrogen-bond donors (Lipinski definition) is 0. The van der Waals surface area contributed by atoms with Gasteiger partial charge in [0.25, 0.3) is 0 Å². The van der Waals surface area contributed by atoms with Crippen LogP contribution in [0.5, 0.6) is 11.5 Å². The fourth-order valence-electron chi connectivity index (χ4n) is 1.51. The number of hydrogen-bond acceptors (Lipinski definition) is 3. The molecule has 1 heterocycles. The monoisotopic (exact) mass is 204 g/mol. The van der Waals surface area contributed by atoms with Gasteiger partial charge in [0.1, 0.15) is 22.8 Å². The molecule has 0 aliphatic rings. The Morgan fingerprint density at radius 3 is 2.07 bits per heavy atom. The van der Waals surface area contributed by atoms with Crippen LogP contribution in [0.15, 0.2) is 41.0 Å². The van der Waals surface area contributed by atoms with Crippen molar-refractivity contribution in [1.29, 1.82) is 0 Å². The van der Waals surface area contributed by atoms with Gasteiger partial charge in [-0.25, -0.2) is 0 Å². The van der Waals surface area contributed by atoms with Crippen LogP contribution < -0.4 is 9.47 Å². The molecular formula is C12H12O3. The van der Waals surface area contributed by atoms with E-state index in [4.69, 9.17) is 13.9 Å². The molecule has 78 valence electrons. The van der Waals surface area contributed by atoms with Crippen LogP contribution in [0.25, 0.3) is 11.3 Å². The molecule has 3 nitrogen and oxygen atoms in total. The van der Waals surface area contributed by atoms with Gasteiger partial charge in [-0.05, 0) is 24.3 Å². The van der Waals surface area contributed by atoms with E-state index in [0.717, 1.165) is 22.8 Å². The second kappa shape index (κ2) is 4.09. The topological polar surface area (TPSA) is 31.6 Å². The Morgan fingerprint density at radius 1 is 0.933 bits per heavy atom. The first-order chi connectivity index (χ1) is 7.36. The van der Waals surface area contributed by atoms with Gasteiger partial charge >= 0.3 is 0 Å². The Balaban J connectivity index is 2.61. The third-order valence-corrected chi connectivity index (χ3v) is 2.20. The van der Waals surface area contributed by atoms with Gasteiger partial charge in [0, 0.05) is 0 Å². The predicted molar refractivity (Wildman–Crippen MR) is 57.2 cm³/mol. The minimum atomic E-state index is 0.740. The molecule has 1 aromatic heterocycles. The predicted octanol–water partition coefficient (Wildman–Crippen LogP) is 2.96. The first-order valence-corrected chi connectivity index (χ1v) is 4.61. The van der Waals surface area contributed by atoms with Crippen LogP contribution in [0.1, 0.15) is 0 Å². The molecule has 15 heavy (non-hydrogen) atoms. The lowest BCUT2D eigenvalue weighted by molar-refractivity contribution is 0.394. The maximum absolute atomic E-state index is 5.34. The lowest BCUT2D eigenvalue weighted by Crippen LogP contribution is -1.91. The van der Waals surface area contributed by atoms with E-state index in [1.54, 1.807) is 20.5 Å². The molecule has 0 amide bonds. The minimum Gasteiger partial charge on any atom is -0.496 e. The number of benzene rings is 1. The number of rotatable bonds is 3. The van der Waals surface area contributed by atoms with Gasteiger partial charge in [-0.3, -0.25) is 0 Å². The van der Waals surface area contributed by atoms with Gasteiger partial charge in [0.2, 0.25) is 0 Å². The zero-order chi connectivity index (χ0) is 10.7. The molecule has 1 aromatic carbocycles. The van der Waals surface area contributed by atoms with E-state index < -0.39 is 0 Å². The highest BCUT2D eigenvalue weighted by atomic mass is 16.5. The van der Waals surface area contributed by atoms with Crippen molar-refractivity contribution in [3.63, 3.8) is 0 Å². The summed E-state index contributed by atoms with van der Waals surface area (Å²) in [5.41, 5.74) is 0.840. The summed E-state index contributed by atoms with van der Waals surface area (Å²) in [6, 6.07) is 9.34. The third-order valence-electron chi connectivity index (χ3n) is 2.20. The molecule has 0 spiro atoms. The summed E-state index contributed by atoms with van der Waals surface area (Å²) in [6.07, 6.45) is 1.63. The quantitative estimate of drug-likeness (QED) is 0.770. The molecule has 0 fully saturated rings. The average molecular weight is 204 g/mol. The van der Waals surface area contributed by atoms with E-state index in [1.165, 1.54) is 0 Å². The summed E-state index contributed by atoms with van der Waals surface area (Å²) in [7, 11) is 3.25. The van der Waals surface area contributed by atoms with Crippen LogP contribution in [0.4, 0.5) is 0 Å². The molecule has 0 unspecified atom stereocenters. The molecular weight excluding hydrogens is 192 g/mol. The van der Waals surface area contributed by atoms with Gasteiger partial charge in [-0.1, -0.05) is 6.07 Å².